The number of halogens is 6. The number of aliphatic hydroxyl groups excluding tert-OH is 2. The number of anilines is 2. The molecule has 4 rings (SSSR count). The van der Waals surface area contributed by atoms with Crippen LogP contribution >= 0.6 is 0 Å². The van der Waals surface area contributed by atoms with E-state index in [4.69, 9.17) is 22.6 Å². The Kier molecular flexibility index (Phi) is 9.24. The minimum atomic E-state index is -4.71. The van der Waals surface area contributed by atoms with Crippen LogP contribution in [0, 0.1) is 13.1 Å². The Balaban J connectivity index is 0.000000230. The molecule has 42 heavy (non-hydrogen) atoms. The summed E-state index contributed by atoms with van der Waals surface area (Å²) in [6.07, 6.45) is -13.0. The van der Waals surface area contributed by atoms with Crippen molar-refractivity contribution in [3.63, 3.8) is 0 Å². The predicted molar refractivity (Wildman–Crippen MR) is 134 cm³/mol. The van der Waals surface area contributed by atoms with Crippen molar-refractivity contribution >= 4 is 34.9 Å². The van der Waals surface area contributed by atoms with Gasteiger partial charge in [-0.25, -0.2) is 19.3 Å². The van der Waals surface area contributed by atoms with Crippen LogP contribution in [0.25, 0.3) is 9.69 Å². The zero-order valence-corrected chi connectivity index (χ0v) is 21.8. The number of alkyl halides is 6. The lowest BCUT2D eigenvalue weighted by molar-refractivity contribution is -0.137. The molecule has 0 aromatic heterocycles. The molecule has 2 fully saturated rings. The van der Waals surface area contributed by atoms with E-state index in [1.54, 1.807) is 0 Å². The molecular formula is C26H22F6N4O6. The molecule has 0 radical (unpaired) electrons. The number of hydrogen-bond donors (Lipinski definition) is 2. The number of ether oxygens (including phenoxy) is 2. The molecule has 224 valence electrons. The number of benzene rings is 2. The van der Waals surface area contributed by atoms with Crippen LogP contribution in [0.3, 0.4) is 0 Å². The molecule has 16 heteroatoms. The highest BCUT2D eigenvalue weighted by molar-refractivity contribution is 5.91. The zero-order valence-electron chi connectivity index (χ0n) is 21.8. The topological polar surface area (TPSA) is 108 Å². The molecule has 2 N–H and O–H groups in total. The first-order chi connectivity index (χ1) is 19.5. The Bertz CT molecular complexity index is 1320. The van der Waals surface area contributed by atoms with Crippen molar-refractivity contribution in [2.24, 2.45) is 0 Å². The summed E-state index contributed by atoms with van der Waals surface area (Å²) in [4.78, 5) is 30.9. The third kappa shape index (κ3) is 6.67. The van der Waals surface area contributed by atoms with Gasteiger partial charge in [-0.3, -0.25) is 9.80 Å². The fraction of sp³-hybridized carbons (Fsp3) is 0.385. The number of amides is 2. The maximum atomic E-state index is 12.9. The number of hydrogen-bond acceptors (Lipinski definition) is 6. The molecule has 0 bridgehead atoms. The largest absolute Gasteiger partial charge is 0.447 e. The van der Waals surface area contributed by atoms with E-state index in [9.17, 15) is 46.1 Å². The van der Waals surface area contributed by atoms with Crippen LogP contribution in [-0.4, -0.2) is 59.9 Å². The van der Waals surface area contributed by atoms with Crippen molar-refractivity contribution < 1.29 is 55.6 Å². The number of rotatable bonds is 4. The maximum absolute atomic E-state index is 12.9. The zero-order chi connectivity index (χ0) is 31.6. The molecule has 0 unspecified atom stereocenters. The average Bonchev–Trinajstić information content (AvgIpc) is 3.50. The third-order valence-corrected chi connectivity index (χ3v) is 6.29. The van der Waals surface area contributed by atoms with Crippen LogP contribution in [0.4, 0.5) is 58.7 Å². The first-order valence-corrected chi connectivity index (χ1v) is 12.0. The van der Waals surface area contributed by atoms with Crippen molar-refractivity contribution in [1.29, 1.82) is 0 Å². The second-order valence-electron chi connectivity index (χ2n) is 9.13. The van der Waals surface area contributed by atoms with Gasteiger partial charge in [0, 0.05) is 11.4 Å². The van der Waals surface area contributed by atoms with Crippen molar-refractivity contribution in [1.82, 2.24) is 0 Å². The summed E-state index contributed by atoms with van der Waals surface area (Å²) in [5.74, 6) is 0. The molecule has 10 nitrogen and oxygen atoms in total. The minimum Gasteiger partial charge on any atom is -0.447 e. The number of carbonyl (C=O) groups excluding carboxylic acids is 2. The van der Waals surface area contributed by atoms with Gasteiger partial charge in [0.2, 0.25) is 0 Å². The van der Waals surface area contributed by atoms with Gasteiger partial charge in [-0.2, -0.15) is 26.3 Å². The molecular weight excluding hydrogens is 578 g/mol. The lowest BCUT2D eigenvalue weighted by atomic mass is 10.1. The van der Waals surface area contributed by atoms with Gasteiger partial charge in [-0.1, -0.05) is 12.1 Å². The van der Waals surface area contributed by atoms with Gasteiger partial charge < -0.3 is 19.7 Å². The first-order valence-electron chi connectivity index (χ1n) is 12.0. The van der Waals surface area contributed by atoms with Gasteiger partial charge in [0.15, 0.2) is 11.4 Å². The Morgan fingerprint density at radius 1 is 0.762 bits per heavy atom. The highest BCUT2D eigenvalue weighted by Gasteiger charge is 2.41. The summed E-state index contributed by atoms with van der Waals surface area (Å²) in [7, 11) is 0. The smallest absolute Gasteiger partial charge is 0.414 e. The molecule has 0 spiro atoms. The van der Waals surface area contributed by atoms with Gasteiger partial charge in [-0.05, 0) is 38.1 Å². The van der Waals surface area contributed by atoms with Gasteiger partial charge in [0.1, 0.15) is 25.3 Å². The molecule has 2 saturated heterocycles. The minimum absolute atomic E-state index is 0.0666. The molecule has 2 aromatic carbocycles. The molecule has 0 saturated carbocycles. The molecule has 2 aromatic rings. The predicted octanol–water partition coefficient (Wildman–Crippen LogP) is 5.92. The summed E-state index contributed by atoms with van der Waals surface area (Å²) in [6.45, 7) is 16.2. The highest BCUT2D eigenvalue weighted by atomic mass is 19.4. The molecule has 2 heterocycles. The van der Waals surface area contributed by atoms with E-state index < -0.39 is 71.3 Å². The molecule has 2 amide bonds. The lowest BCUT2D eigenvalue weighted by Crippen LogP contribution is -2.41. The van der Waals surface area contributed by atoms with Gasteiger partial charge in [-0.15, -0.1) is 0 Å². The second kappa shape index (κ2) is 12.1. The number of aliphatic hydroxyl groups is 2. The standard InChI is InChI=1S/2C13H11F3N2O3/c2*1-7(19)11-6-21-12(20)18(11)8-3-4-10(17-2)9(5-8)13(14,15)16/h2*3-5,7,11,19H,6H2,1H3/t7-,11+;7-,11-/m01/s1. The Hall–Kier alpha value is -4.54. The summed E-state index contributed by atoms with van der Waals surface area (Å²) < 4.78 is 87.1. The number of nitrogens with zero attached hydrogens (tertiary/aromatic N) is 4. The van der Waals surface area contributed by atoms with Crippen molar-refractivity contribution in [2.75, 3.05) is 23.0 Å². The average molecular weight is 600 g/mol. The van der Waals surface area contributed by atoms with E-state index >= 15 is 0 Å². The van der Waals surface area contributed by atoms with Crippen LogP contribution < -0.4 is 9.80 Å². The van der Waals surface area contributed by atoms with Crippen LogP contribution in [0.5, 0.6) is 0 Å². The summed E-state index contributed by atoms with van der Waals surface area (Å²) in [5, 5.41) is 19.2. The van der Waals surface area contributed by atoms with Gasteiger partial charge in [0.05, 0.1) is 36.5 Å². The lowest BCUT2D eigenvalue weighted by Gasteiger charge is -2.24. The first kappa shape index (κ1) is 32.0. The Morgan fingerprint density at radius 3 is 1.36 bits per heavy atom. The van der Waals surface area contributed by atoms with Crippen LogP contribution in [0.1, 0.15) is 25.0 Å². The fourth-order valence-corrected chi connectivity index (χ4v) is 4.17. The summed E-state index contributed by atoms with van der Waals surface area (Å²) in [5.41, 5.74) is -3.48. The summed E-state index contributed by atoms with van der Waals surface area (Å²) in [6, 6.07) is 4.35. The van der Waals surface area contributed by atoms with Gasteiger partial charge >= 0.3 is 24.5 Å². The number of carbonyl (C=O) groups is 2. The Labute approximate surface area is 234 Å². The van der Waals surface area contributed by atoms with E-state index in [0.717, 1.165) is 34.1 Å². The SMILES string of the molecule is [C-]#[N+]c1ccc(N2C(=O)OC[C@@H]2[C@@H](C)O)cc1C(F)(F)F.[C-]#[N+]c1ccc(N2C(=O)OC[C@@H]2[C@H](C)O)cc1C(F)(F)F. The highest BCUT2D eigenvalue weighted by Crippen LogP contribution is 2.41. The van der Waals surface area contributed by atoms with E-state index in [2.05, 4.69) is 9.69 Å². The van der Waals surface area contributed by atoms with E-state index in [-0.39, 0.29) is 24.6 Å². The van der Waals surface area contributed by atoms with Gasteiger partial charge in [0.25, 0.3) is 0 Å². The maximum Gasteiger partial charge on any atom is 0.414 e. The molecule has 2 aliphatic rings. The fourth-order valence-electron chi connectivity index (χ4n) is 4.17. The molecule has 4 atom stereocenters. The monoisotopic (exact) mass is 600 g/mol. The van der Waals surface area contributed by atoms with Crippen molar-refractivity contribution in [2.45, 2.75) is 50.5 Å². The Morgan fingerprint density at radius 2 is 1.10 bits per heavy atom. The normalized spacial score (nSPS) is 20.1. The third-order valence-electron chi connectivity index (χ3n) is 6.29. The second-order valence-corrected chi connectivity index (χ2v) is 9.13. The van der Waals surface area contributed by atoms with E-state index in [0.29, 0.717) is 0 Å². The number of cyclic esters (lactones) is 2. The van der Waals surface area contributed by atoms with Crippen LogP contribution in [0.2, 0.25) is 0 Å². The van der Waals surface area contributed by atoms with Crippen molar-refractivity contribution in [3.8, 4) is 0 Å². The van der Waals surface area contributed by atoms with Crippen molar-refractivity contribution in [3.05, 3.63) is 70.4 Å². The van der Waals surface area contributed by atoms with Crippen LogP contribution in [-0.2, 0) is 21.8 Å². The quantitative estimate of drug-likeness (QED) is 0.333. The molecule has 2 aliphatic heterocycles. The van der Waals surface area contributed by atoms with Crippen LogP contribution in [0.15, 0.2) is 36.4 Å². The van der Waals surface area contributed by atoms with E-state index in [1.165, 1.54) is 26.0 Å². The molecule has 0 aliphatic carbocycles. The van der Waals surface area contributed by atoms with E-state index in [1.807, 2.05) is 0 Å². The summed E-state index contributed by atoms with van der Waals surface area (Å²) >= 11 is 0.